The van der Waals surface area contributed by atoms with Crippen molar-refractivity contribution in [3.8, 4) is 5.75 Å². The van der Waals surface area contributed by atoms with Gasteiger partial charge in [0, 0.05) is 5.69 Å². The number of thiocarbonyl (C=S) groups is 1. The first kappa shape index (κ1) is 13.4. The fraction of sp³-hybridized carbons (Fsp3) is 0.133. The van der Waals surface area contributed by atoms with E-state index in [2.05, 4.69) is 10.6 Å². The highest BCUT2D eigenvalue weighted by atomic mass is 32.1. The van der Waals surface area contributed by atoms with Gasteiger partial charge in [-0.2, -0.15) is 0 Å². The van der Waals surface area contributed by atoms with E-state index in [1.54, 1.807) is 7.11 Å². The van der Waals surface area contributed by atoms with Gasteiger partial charge in [-0.05, 0) is 49.0 Å². The smallest absolute Gasteiger partial charge is 0.175 e. The first-order chi connectivity index (χ1) is 9.19. The molecular weight excluding hydrogens is 256 g/mol. The van der Waals surface area contributed by atoms with Crippen LogP contribution in [0.5, 0.6) is 5.75 Å². The molecule has 98 valence electrons. The van der Waals surface area contributed by atoms with E-state index in [9.17, 15) is 0 Å². The zero-order valence-corrected chi connectivity index (χ0v) is 11.8. The van der Waals surface area contributed by atoms with Crippen LogP contribution in [0.2, 0.25) is 0 Å². The number of nitrogens with one attached hydrogen (secondary N) is 2. The molecule has 0 saturated heterocycles. The van der Waals surface area contributed by atoms with Gasteiger partial charge < -0.3 is 15.4 Å². The molecule has 0 radical (unpaired) electrons. The number of benzene rings is 2. The molecule has 0 aliphatic carbocycles. The van der Waals surface area contributed by atoms with Gasteiger partial charge in [-0.1, -0.05) is 24.3 Å². The van der Waals surface area contributed by atoms with Gasteiger partial charge in [0.2, 0.25) is 0 Å². The Labute approximate surface area is 118 Å². The van der Waals surface area contributed by atoms with Gasteiger partial charge in [0.1, 0.15) is 5.75 Å². The molecule has 0 unspecified atom stereocenters. The van der Waals surface area contributed by atoms with E-state index in [0.29, 0.717) is 5.11 Å². The van der Waals surface area contributed by atoms with Gasteiger partial charge in [-0.25, -0.2) is 0 Å². The summed E-state index contributed by atoms with van der Waals surface area (Å²) in [5.74, 6) is 0.760. The Balaban J connectivity index is 2.05. The summed E-state index contributed by atoms with van der Waals surface area (Å²) in [6.45, 7) is 2.04. The molecule has 0 aromatic heterocycles. The first-order valence-electron chi connectivity index (χ1n) is 5.97. The SMILES string of the molecule is COc1ccccc1NC(=S)Nc1cccc(C)c1. The summed E-state index contributed by atoms with van der Waals surface area (Å²) in [6, 6.07) is 15.7. The lowest BCUT2D eigenvalue weighted by molar-refractivity contribution is 0.417. The lowest BCUT2D eigenvalue weighted by Gasteiger charge is -2.13. The van der Waals surface area contributed by atoms with Crippen LogP contribution < -0.4 is 15.4 Å². The average molecular weight is 272 g/mol. The second kappa shape index (κ2) is 6.20. The predicted molar refractivity (Wildman–Crippen MR) is 84.0 cm³/mol. The maximum atomic E-state index is 5.29. The Kier molecular flexibility index (Phi) is 4.36. The monoisotopic (exact) mass is 272 g/mol. The van der Waals surface area contributed by atoms with Crippen LogP contribution in [-0.4, -0.2) is 12.2 Å². The number of methoxy groups -OCH3 is 1. The molecule has 2 N–H and O–H groups in total. The molecule has 0 heterocycles. The Bertz CT molecular complexity index is 584. The minimum absolute atomic E-state index is 0.537. The molecule has 0 fully saturated rings. The van der Waals surface area contributed by atoms with Crippen molar-refractivity contribution in [2.24, 2.45) is 0 Å². The van der Waals surface area contributed by atoms with Crippen LogP contribution in [0.15, 0.2) is 48.5 Å². The zero-order valence-electron chi connectivity index (χ0n) is 10.9. The number of hydrogen-bond acceptors (Lipinski definition) is 2. The van der Waals surface area contributed by atoms with Gasteiger partial charge in [0.05, 0.1) is 12.8 Å². The highest BCUT2D eigenvalue weighted by molar-refractivity contribution is 7.80. The minimum atomic E-state index is 0.537. The molecule has 3 nitrogen and oxygen atoms in total. The van der Waals surface area contributed by atoms with Crippen molar-refractivity contribution in [2.75, 3.05) is 17.7 Å². The number of para-hydroxylation sites is 2. The van der Waals surface area contributed by atoms with Crippen LogP contribution in [0.25, 0.3) is 0 Å². The summed E-state index contributed by atoms with van der Waals surface area (Å²) in [7, 11) is 1.64. The minimum Gasteiger partial charge on any atom is -0.495 e. The number of aryl methyl sites for hydroxylation is 1. The lowest BCUT2D eigenvalue weighted by atomic mass is 10.2. The molecule has 19 heavy (non-hydrogen) atoms. The standard InChI is InChI=1S/C15H16N2OS/c1-11-6-5-7-12(10-11)16-15(19)17-13-8-3-4-9-14(13)18-2/h3-10H,1-2H3,(H2,16,17,19). The lowest BCUT2D eigenvalue weighted by Crippen LogP contribution is -2.19. The Morgan fingerprint density at radius 1 is 1.05 bits per heavy atom. The third-order valence-corrected chi connectivity index (χ3v) is 2.84. The third-order valence-electron chi connectivity index (χ3n) is 2.63. The quantitative estimate of drug-likeness (QED) is 0.832. The number of rotatable bonds is 3. The molecule has 0 saturated carbocycles. The van der Waals surface area contributed by atoms with Crippen LogP contribution in [0.1, 0.15) is 5.56 Å². The maximum Gasteiger partial charge on any atom is 0.175 e. The summed E-state index contributed by atoms with van der Waals surface area (Å²) in [5.41, 5.74) is 2.99. The summed E-state index contributed by atoms with van der Waals surface area (Å²) >= 11 is 5.29. The van der Waals surface area contributed by atoms with E-state index in [1.807, 2.05) is 55.5 Å². The van der Waals surface area contributed by atoms with E-state index >= 15 is 0 Å². The van der Waals surface area contributed by atoms with Gasteiger partial charge in [0.25, 0.3) is 0 Å². The maximum absolute atomic E-state index is 5.29. The number of ether oxygens (including phenoxy) is 1. The van der Waals surface area contributed by atoms with E-state index in [0.717, 1.165) is 17.1 Å². The number of anilines is 2. The highest BCUT2D eigenvalue weighted by Gasteiger charge is 2.03. The summed E-state index contributed by atoms with van der Waals surface area (Å²) in [6.07, 6.45) is 0. The van der Waals surface area contributed by atoms with Gasteiger partial charge in [-0.15, -0.1) is 0 Å². The molecular formula is C15H16N2OS. The zero-order chi connectivity index (χ0) is 13.7. The first-order valence-corrected chi connectivity index (χ1v) is 6.37. The topological polar surface area (TPSA) is 33.3 Å². The van der Waals surface area contributed by atoms with E-state index < -0.39 is 0 Å². The summed E-state index contributed by atoms with van der Waals surface area (Å²) in [4.78, 5) is 0. The second-order valence-electron chi connectivity index (χ2n) is 4.15. The second-order valence-corrected chi connectivity index (χ2v) is 4.56. The van der Waals surface area contributed by atoms with Gasteiger partial charge in [-0.3, -0.25) is 0 Å². The Hall–Kier alpha value is -2.07. The fourth-order valence-corrected chi connectivity index (χ4v) is 1.98. The van der Waals surface area contributed by atoms with Crippen molar-refractivity contribution in [1.82, 2.24) is 0 Å². The molecule has 0 aliphatic rings. The van der Waals surface area contributed by atoms with Crippen molar-refractivity contribution in [3.63, 3.8) is 0 Å². The average Bonchev–Trinajstić information content (AvgIpc) is 2.39. The predicted octanol–water partition coefficient (Wildman–Crippen LogP) is 3.81. The molecule has 0 bridgehead atoms. The molecule has 4 heteroatoms. The largest absolute Gasteiger partial charge is 0.495 e. The highest BCUT2D eigenvalue weighted by Crippen LogP contribution is 2.23. The van der Waals surface area contributed by atoms with Gasteiger partial charge in [0.15, 0.2) is 5.11 Å². The van der Waals surface area contributed by atoms with E-state index in [4.69, 9.17) is 17.0 Å². The Morgan fingerprint density at radius 2 is 1.84 bits per heavy atom. The van der Waals surface area contributed by atoms with Crippen molar-refractivity contribution in [3.05, 3.63) is 54.1 Å². The van der Waals surface area contributed by atoms with Crippen molar-refractivity contribution in [2.45, 2.75) is 6.92 Å². The molecule has 2 aromatic rings. The molecule has 0 aliphatic heterocycles. The third kappa shape index (κ3) is 3.69. The van der Waals surface area contributed by atoms with Crippen LogP contribution in [0.3, 0.4) is 0 Å². The fourth-order valence-electron chi connectivity index (χ4n) is 1.76. The molecule has 2 aromatic carbocycles. The molecule has 0 atom stereocenters. The Morgan fingerprint density at radius 3 is 2.58 bits per heavy atom. The van der Waals surface area contributed by atoms with Crippen molar-refractivity contribution in [1.29, 1.82) is 0 Å². The van der Waals surface area contributed by atoms with Crippen LogP contribution in [0.4, 0.5) is 11.4 Å². The summed E-state index contributed by atoms with van der Waals surface area (Å²) < 4.78 is 5.27. The molecule has 0 amide bonds. The van der Waals surface area contributed by atoms with Crippen LogP contribution >= 0.6 is 12.2 Å². The van der Waals surface area contributed by atoms with Crippen molar-refractivity contribution >= 4 is 28.7 Å². The molecule has 0 spiro atoms. The normalized spacial score (nSPS) is 9.79. The summed E-state index contributed by atoms with van der Waals surface area (Å²) in [5, 5.41) is 6.81. The molecule has 2 rings (SSSR count). The van der Waals surface area contributed by atoms with Gasteiger partial charge >= 0.3 is 0 Å². The van der Waals surface area contributed by atoms with E-state index in [1.165, 1.54) is 5.56 Å². The van der Waals surface area contributed by atoms with Crippen LogP contribution in [-0.2, 0) is 0 Å². The van der Waals surface area contributed by atoms with E-state index in [-0.39, 0.29) is 0 Å². The van der Waals surface area contributed by atoms with Crippen LogP contribution in [0, 0.1) is 6.92 Å². The van der Waals surface area contributed by atoms with Crippen molar-refractivity contribution < 1.29 is 4.74 Å². The number of hydrogen-bond donors (Lipinski definition) is 2.